The van der Waals surface area contributed by atoms with Crippen LogP contribution in [0.3, 0.4) is 0 Å². The van der Waals surface area contributed by atoms with Crippen molar-refractivity contribution < 1.29 is 8.42 Å². The lowest BCUT2D eigenvalue weighted by Crippen LogP contribution is -2.12. The van der Waals surface area contributed by atoms with Gasteiger partial charge in [0.2, 0.25) is 5.95 Å². The van der Waals surface area contributed by atoms with Gasteiger partial charge in [-0.3, -0.25) is 4.57 Å². The van der Waals surface area contributed by atoms with Crippen LogP contribution in [0.5, 0.6) is 0 Å². The minimum Gasteiger partial charge on any atom is -0.324 e. The Kier molecular flexibility index (Phi) is 4.91. The molecule has 0 radical (unpaired) electrons. The van der Waals surface area contributed by atoms with Crippen LogP contribution in [0.1, 0.15) is 24.4 Å². The zero-order valence-electron chi connectivity index (χ0n) is 17.0. The number of imidazole rings is 1. The second kappa shape index (κ2) is 7.75. The maximum atomic E-state index is 12.3. The first kappa shape index (κ1) is 19.7. The lowest BCUT2D eigenvalue weighted by atomic mass is 10.0. The van der Waals surface area contributed by atoms with E-state index in [2.05, 4.69) is 37.7 Å². The molecule has 0 aliphatic carbocycles. The summed E-state index contributed by atoms with van der Waals surface area (Å²) in [7, 11) is -3.41. The molecule has 3 heterocycles. The van der Waals surface area contributed by atoms with E-state index in [9.17, 15) is 8.42 Å². The van der Waals surface area contributed by atoms with Gasteiger partial charge in [0.05, 0.1) is 16.8 Å². The molecule has 1 aliphatic heterocycles. The van der Waals surface area contributed by atoms with Crippen LogP contribution in [0.2, 0.25) is 0 Å². The average Bonchev–Trinajstić information content (AvgIpc) is 3.43. The van der Waals surface area contributed by atoms with Crippen LogP contribution in [0.25, 0.3) is 16.9 Å². The second-order valence-electron chi connectivity index (χ2n) is 7.66. The van der Waals surface area contributed by atoms with Crippen LogP contribution in [0.15, 0.2) is 66.0 Å². The Labute approximate surface area is 180 Å². The van der Waals surface area contributed by atoms with Crippen LogP contribution in [0.4, 0.5) is 11.6 Å². The monoisotopic (exact) mass is 434 g/mol. The SMILES string of the molecule is CS(=O)(=O)c1ccccc1-n1cnc2cnc(Nc3cccc(C4CCCN4)c3)nc21. The summed E-state index contributed by atoms with van der Waals surface area (Å²) < 4.78 is 26.2. The number of sulfone groups is 1. The van der Waals surface area contributed by atoms with Crippen molar-refractivity contribution in [3.8, 4) is 5.69 Å². The summed E-state index contributed by atoms with van der Waals surface area (Å²) in [6.45, 7) is 1.04. The first-order chi connectivity index (χ1) is 15.0. The van der Waals surface area contributed by atoms with Gasteiger partial charge >= 0.3 is 0 Å². The second-order valence-corrected chi connectivity index (χ2v) is 9.64. The van der Waals surface area contributed by atoms with Crippen LogP contribution in [-0.2, 0) is 9.84 Å². The number of fused-ring (bicyclic) bond motifs is 1. The van der Waals surface area contributed by atoms with Crippen molar-refractivity contribution in [2.45, 2.75) is 23.8 Å². The van der Waals surface area contributed by atoms with E-state index in [0.29, 0.717) is 28.8 Å². The zero-order chi connectivity index (χ0) is 21.4. The van der Waals surface area contributed by atoms with Crippen molar-refractivity contribution in [3.63, 3.8) is 0 Å². The third-order valence-corrected chi connectivity index (χ3v) is 6.56. The quantitative estimate of drug-likeness (QED) is 0.496. The van der Waals surface area contributed by atoms with E-state index in [1.165, 1.54) is 18.2 Å². The average molecular weight is 435 g/mol. The van der Waals surface area contributed by atoms with Gasteiger partial charge in [-0.2, -0.15) is 4.98 Å². The molecule has 0 spiro atoms. The Morgan fingerprint density at radius 2 is 2.00 bits per heavy atom. The number of rotatable bonds is 5. The molecule has 9 heteroatoms. The Bertz CT molecular complexity index is 1360. The highest BCUT2D eigenvalue weighted by molar-refractivity contribution is 7.90. The first-order valence-corrected chi connectivity index (χ1v) is 12.0. The summed E-state index contributed by atoms with van der Waals surface area (Å²) in [5.74, 6) is 0.419. The van der Waals surface area contributed by atoms with Crippen molar-refractivity contribution in [1.29, 1.82) is 0 Å². The summed E-state index contributed by atoms with van der Waals surface area (Å²) >= 11 is 0. The van der Waals surface area contributed by atoms with E-state index >= 15 is 0 Å². The molecule has 1 aliphatic rings. The number of benzene rings is 2. The number of nitrogens with one attached hydrogen (secondary N) is 2. The van der Waals surface area contributed by atoms with Crippen molar-refractivity contribution in [2.24, 2.45) is 0 Å². The molecule has 1 fully saturated rings. The minimum absolute atomic E-state index is 0.221. The Hall–Kier alpha value is -3.30. The fourth-order valence-corrected chi connectivity index (χ4v) is 4.82. The van der Waals surface area contributed by atoms with E-state index in [-0.39, 0.29) is 4.90 Å². The van der Waals surface area contributed by atoms with E-state index < -0.39 is 9.84 Å². The van der Waals surface area contributed by atoms with E-state index in [4.69, 9.17) is 0 Å². The van der Waals surface area contributed by atoms with Gasteiger partial charge in [0.1, 0.15) is 11.8 Å². The number of nitrogens with zero attached hydrogens (tertiary/aromatic N) is 4. The lowest BCUT2D eigenvalue weighted by Gasteiger charge is -2.13. The molecule has 2 aromatic carbocycles. The van der Waals surface area contributed by atoms with Crippen LogP contribution in [0, 0.1) is 0 Å². The predicted octanol–water partition coefficient (Wildman–Crippen LogP) is 3.39. The molecular weight excluding hydrogens is 412 g/mol. The largest absolute Gasteiger partial charge is 0.324 e. The normalized spacial score (nSPS) is 16.6. The zero-order valence-corrected chi connectivity index (χ0v) is 17.8. The molecule has 1 saturated heterocycles. The molecule has 0 saturated carbocycles. The van der Waals surface area contributed by atoms with Crippen LogP contribution < -0.4 is 10.6 Å². The standard InChI is InChI=1S/C22H22N6O2S/c1-31(29,30)20-10-3-2-9-19(20)28-14-25-18-13-24-22(27-21(18)28)26-16-7-4-6-15(12-16)17-8-5-11-23-17/h2-4,6-7,9-10,12-14,17,23H,5,8,11H2,1H3,(H,24,26,27). The van der Waals surface area contributed by atoms with Crippen molar-refractivity contribution in [3.05, 3.63) is 66.6 Å². The highest BCUT2D eigenvalue weighted by Gasteiger charge is 2.18. The van der Waals surface area contributed by atoms with Gasteiger partial charge in [0.25, 0.3) is 0 Å². The maximum Gasteiger partial charge on any atom is 0.229 e. The fourth-order valence-electron chi connectivity index (χ4n) is 3.95. The van der Waals surface area contributed by atoms with Crippen LogP contribution >= 0.6 is 0 Å². The summed E-state index contributed by atoms with van der Waals surface area (Å²) in [5.41, 5.74) is 3.75. The van der Waals surface area contributed by atoms with Gasteiger partial charge < -0.3 is 10.6 Å². The highest BCUT2D eigenvalue weighted by Crippen LogP contribution is 2.27. The Morgan fingerprint density at radius 3 is 2.81 bits per heavy atom. The number of hydrogen-bond acceptors (Lipinski definition) is 7. The lowest BCUT2D eigenvalue weighted by molar-refractivity contribution is 0.601. The summed E-state index contributed by atoms with van der Waals surface area (Å²) in [6, 6.07) is 15.4. The topological polar surface area (TPSA) is 102 Å². The Morgan fingerprint density at radius 1 is 1.13 bits per heavy atom. The van der Waals surface area contributed by atoms with Crippen molar-refractivity contribution in [1.82, 2.24) is 24.8 Å². The minimum atomic E-state index is -3.41. The van der Waals surface area contributed by atoms with E-state index in [0.717, 1.165) is 18.7 Å². The van der Waals surface area contributed by atoms with E-state index in [1.807, 2.05) is 12.1 Å². The number of aromatic nitrogens is 4. The molecule has 0 bridgehead atoms. The molecule has 4 aromatic rings. The van der Waals surface area contributed by atoms with Gasteiger partial charge in [-0.25, -0.2) is 18.4 Å². The fraction of sp³-hybridized carbons (Fsp3) is 0.227. The summed E-state index contributed by atoms with van der Waals surface area (Å²) in [4.78, 5) is 13.6. The number of para-hydroxylation sites is 1. The van der Waals surface area contributed by atoms with Gasteiger partial charge in [0, 0.05) is 18.0 Å². The molecule has 1 atom stereocenters. The summed E-state index contributed by atoms with van der Waals surface area (Å²) in [6.07, 6.45) is 6.71. The molecule has 158 valence electrons. The highest BCUT2D eigenvalue weighted by atomic mass is 32.2. The molecule has 5 rings (SSSR count). The van der Waals surface area contributed by atoms with Gasteiger partial charge in [-0.05, 0) is 49.2 Å². The smallest absolute Gasteiger partial charge is 0.229 e. The first-order valence-electron chi connectivity index (χ1n) is 10.1. The third-order valence-electron chi connectivity index (χ3n) is 5.42. The Balaban J connectivity index is 1.52. The number of hydrogen-bond donors (Lipinski definition) is 2. The predicted molar refractivity (Wildman–Crippen MR) is 119 cm³/mol. The summed E-state index contributed by atoms with van der Waals surface area (Å²) in [5, 5.41) is 6.77. The van der Waals surface area contributed by atoms with E-state index in [1.54, 1.807) is 41.4 Å². The van der Waals surface area contributed by atoms with Gasteiger partial charge in [-0.1, -0.05) is 24.3 Å². The molecular formula is C22H22N6O2S. The third kappa shape index (κ3) is 3.89. The van der Waals surface area contributed by atoms with Gasteiger partial charge in [-0.15, -0.1) is 0 Å². The van der Waals surface area contributed by atoms with Crippen molar-refractivity contribution in [2.75, 3.05) is 18.1 Å². The molecule has 0 amide bonds. The molecule has 8 nitrogen and oxygen atoms in total. The number of anilines is 2. The molecule has 31 heavy (non-hydrogen) atoms. The van der Waals surface area contributed by atoms with Gasteiger partial charge in [0.15, 0.2) is 15.5 Å². The maximum absolute atomic E-state index is 12.3. The van der Waals surface area contributed by atoms with Crippen LogP contribution in [-0.4, -0.2) is 40.7 Å². The molecule has 2 aromatic heterocycles. The molecule has 2 N–H and O–H groups in total. The van der Waals surface area contributed by atoms with Crippen molar-refractivity contribution >= 4 is 32.6 Å². The molecule has 1 unspecified atom stereocenters.